The number of likely N-dealkylation sites (tertiary alicyclic amines) is 1. The minimum absolute atomic E-state index is 0.176. The zero-order valence-corrected chi connectivity index (χ0v) is 12.3. The van der Waals surface area contributed by atoms with Gasteiger partial charge in [-0.2, -0.15) is 0 Å². The molecule has 1 N–H and O–H groups in total. The van der Waals surface area contributed by atoms with E-state index in [0.29, 0.717) is 12.5 Å². The first-order valence-corrected chi connectivity index (χ1v) is 7.13. The molecule has 0 spiro atoms. The van der Waals surface area contributed by atoms with Crippen molar-refractivity contribution in [3.8, 4) is 0 Å². The highest BCUT2D eigenvalue weighted by molar-refractivity contribution is 5.73. The molecule has 0 bridgehead atoms. The van der Waals surface area contributed by atoms with Crippen LogP contribution >= 0.6 is 0 Å². The lowest BCUT2D eigenvalue weighted by molar-refractivity contribution is -0.127. The summed E-state index contributed by atoms with van der Waals surface area (Å²) in [4.78, 5) is 17.9. The summed E-state index contributed by atoms with van der Waals surface area (Å²) in [6.45, 7) is 4.81. The van der Waals surface area contributed by atoms with Crippen LogP contribution in [0.3, 0.4) is 0 Å². The number of anilines is 1. The molecule has 1 amide bonds. The lowest BCUT2D eigenvalue weighted by atomic mass is 10.0. The summed E-state index contributed by atoms with van der Waals surface area (Å²) in [5.74, 6) is 1.59. The van der Waals surface area contributed by atoms with Crippen LogP contribution in [0.15, 0.2) is 18.2 Å². The number of aromatic nitrogens is 1. The van der Waals surface area contributed by atoms with Crippen LogP contribution in [0, 0.1) is 5.92 Å². The number of nitrogens with zero attached hydrogens (tertiary/aromatic N) is 2. The Morgan fingerprint density at radius 1 is 1.55 bits per heavy atom. The van der Waals surface area contributed by atoms with Gasteiger partial charge in [-0.3, -0.25) is 4.79 Å². The van der Waals surface area contributed by atoms with Gasteiger partial charge in [0.1, 0.15) is 5.82 Å². The maximum atomic E-state index is 11.3. The standard InChI is InChI=1S/C15H23N3O2/c1-12(19)18-8-6-13(11-18)10-14-4-3-5-15(17-14)16-7-9-20-2/h3-5,13H,6-11H2,1-2H3,(H,16,17). The number of pyridine rings is 1. The zero-order chi connectivity index (χ0) is 14.4. The summed E-state index contributed by atoms with van der Waals surface area (Å²) in [6, 6.07) is 6.04. The van der Waals surface area contributed by atoms with Crippen molar-refractivity contribution in [1.82, 2.24) is 9.88 Å². The van der Waals surface area contributed by atoms with Crippen LogP contribution in [-0.2, 0) is 16.0 Å². The van der Waals surface area contributed by atoms with Crippen LogP contribution in [0.5, 0.6) is 0 Å². The maximum Gasteiger partial charge on any atom is 0.219 e. The fraction of sp³-hybridized carbons (Fsp3) is 0.600. The summed E-state index contributed by atoms with van der Waals surface area (Å²) < 4.78 is 5.01. The maximum absolute atomic E-state index is 11.3. The van der Waals surface area contributed by atoms with Gasteiger partial charge in [0.15, 0.2) is 0 Å². The van der Waals surface area contributed by atoms with Gasteiger partial charge in [0, 0.05) is 39.4 Å². The second-order valence-corrected chi connectivity index (χ2v) is 5.26. The molecule has 1 aromatic rings. The van der Waals surface area contributed by atoms with E-state index < -0.39 is 0 Å². The smallest absolute Gasteiger partial charge is 0.219 e. The van der Waals surface area contributed by atoms with Crippen LogP contribution in [0.25, 0.3) is 0 Å². The number of hydrogen-bond acceptors (Lipinski definition) is 4. The largest absolute Gasteiger partial charge is 0.383 e. The Balaban J connectivity index is 1.87. The number of hydrogen-bond donors (Lipinski definition) is 1. The fourth-order valence-electron chi connectivity index (χ4n) is 2.55. The van der Waals surface area contributed by atoms with Gasteiger partial charge < -0.3 is 15.0 Å². The summed E-state index contributed by atoms with van der Waals surface area (Å²) >= 11 is 0. The zero-order valence-electron chi connectivity index (χ0n) is 12.3. The number of ether oxygens (including phenoxy) is 1. The Morgan fingerprint density at radius 2 is 2.40 bits per heavy atom. The average Bonchev–Trinajstić information content (AvgIpc) is 2.88. The minimum Gasteiger partial charge on any atom is -0.383 e. The second-order valence-electron chi connectivity index (χ2n) is 5.26. The molecular formula is C15H23N3O2. The lowest BCUT2D eigenvalue weighted by Gasteiger charge is -2.14. The van der Waals surface area contributed by atoms with Crippen LogP contribution in [0.1, 0.15) is 19.0 Å². The van der Waals surface area contributed by atoms with E-state index in [0.717, 1.165) is 44.0 Å². The molecule has 2 rings (SSSR count). The molecule has 1 atom stereocenters. The van der Waals surface area contributed by atoms with Crippen molar-refractivity contribution in [2.45, 2.75) is 19.8 Å². The van der Waals surface area contributed by atoms with Gasteiger partial charge in [-0.05, 0) is 30.9 Å². The molecule has 1 saturated heterocycles. The van der Waals surface area contributed by atoms with Gasteiger partial charge in [-0.1, -0.05) is 6.07 Å². The Labute approximate surface area is 120 Å². The predicted molar refractivity (Wildman–Crippen MR) is 78.7 cm³/mol. The lowest BCUT2D eigenvalue weighted by Crippen LogP contribution is -2.26. The second kappa shape index (κ2) is 7.24. The van der Waals surface area contributed by atoms with Crippen LogP contribution in [0.4, 0.5) is 5.82 Å². The van der Waals surface area contributed by atoms with Gasteiger partial charge in [-0.25, -0.2) is 4.98 Å². The number of carbonyl (C=O) groups excluding carboxylic acids is 1. The molecule has 0 radical (unpaired) electrons. The molecule has 0 aromatic carbocycles. The highest BCUT2D eigenvalue weighted by Gasteiger charge is 2.24. The highest BCUT2D eigenvalue weighted by Crippen LogP contribution is 2.20. The first-order valence-electron chi connectivity index (χ1n) is 7.13. The Kier molecular flexibility index (Phi) is 5.35. The molecule has 5 heteroatoms. The molecule has 1 aliphatic rings. The Hall–Kier alpha value is -1.62. The number of rotatable bonds is 6. The first-order chi connectivity index (χ1) is 9.69. The summed E-state index contributed by atoms with van der Waals surface area (Å²) in [7, 11) is 1.69. The first kappa shape index (κ1) is 14.8. The molecule has 20 heavy (non-hydrogen) atoms. The third-order valence-electron chi connectivity index (χ3n) is 3.65. The van der Waals surface area contributed by atoms with Crippen molar-refractivity contribution in [2.75, 3.05) is 38.7 Å². The van der Waals surface area contributed by atoms with E-state index in [1.165, 1.54) is 0 Å². The molecule has 0 saturated carbocycles. The van der Waals surface area contributed by atoms with Crippen molar-refractivity contribution in [3.05, 3.63) is 23.9 Å². The normalized spacial score (nSPS) is 18.3. The molecule has 1 aromatic heterocycles. The molecule has 2 heterocycles. The summed E-state index contributed by atoms with van der Waals surface area (Å²) in [5.41, 5.74) is 1.09. The highest BCUT2D eigenvalue weighted by atomic mass is 16.5. The predicted octanol–water partition coefficient (Wildman–Crippen LogP) is 1.55. The number of nitrogens with one attached hydrogen (secondary N) is 1. The van der Waals surface area contributed by atoms with Gasteiger partial charge in [0.2, 0.25) is 5.91 Å². The van der Waals surface area contributed by atoms with E-state index in [9.17, 15) is 4.79 Å². The minimum atomic E-state index is 0.176. The number of methoxy groups -OCH3 is 1. The van der Waals surface area contributed by atoms with E-state index >= 15 is 0 Å². The SMILES string of the molecule is COCCNc1cccc(CC2CCN(C(C)=O)C2)n1. The van der Waals surface area contributed by atoms with Crippen LogP contribution in [-0.4, -0.2) is 49.1 Å². The van der Waals surface area contributed by atoms with E-state index in [-0.39, 0.29) is 5.91 Å². The molecule has 110 valence electrons. The molecule has 1 unspecified atom stereocenters. The Morgan fingerprint density at radius 3 is 3.10 bits per heavy atom. The van der Waals surface area contributed by atoms with E-state index in [4.69, 9.17) is 4.74 Å². The number of amides is 1. The average molecular weight is 277 g/mol. The molecular weight excluding hydrogens is 254 g/mol. The van der Waals surface area contributed by atoms with E-state index in [1.807, 2.05) is 17.0 Å². The topological polar surface area (TPSA) is 54.5 Å². The van der Waals surface area contributed by atoms with Crippen molar-refractivity contribution < 1.29 is 9.53 Å². The number of carbonyl (C=O) groups is 1. The monoisotopic (exact) mass is 277 g/mol. The summed E-state index contributed by atoms with van der Waals surface area (Å²) in [6.07, 6.45) is 2.01. The van der Waals surface area contributed by atoms with Gasteiger partial charge in [0.05, 0.1) is 6.61 Å². The van der Waals surface area contributed by atoms with Crippen molar-refractivity contribution in [3.63, 3.8) is 0 Å². The van der Waals surface area contributed by atoms with Gasteiger partial charge in [-0.15, -0.1) is 0 Å². The van der Waals surface area contributed by atoms with Crippen LogP contribution < -0.4 is 5.32 Å². The third kappa shape index (κ3) is 4.20. The van der Waals surface area contributed by atoms with Gasteiger partial charge >= 0.3 is 0 Å². The third-order valence-corrected chi connectivity index (χ3v) is 3.65. The fourth-order valence-corrected chi connectivity index (χ4v) is 2.55. The van der Waals surface area contributed by atoms with Crippen molar-refractivity contribution >= 4 is 11.7 Å². The van der Waals surface area contributed by atoms with Crippen molar-refractivity contribution in [2.24, 2.45) is 5.92 Å². The Bertz CT molecular complexity index is 450. The van der Waals surface area contributed by atoms with Crippen LogP contribution in [0.2, 0.25) is 0 Å². The van der Waals surface area contributed by atoms with Gasteiger partial charge in [0.25, 0.3) is 0 Å². The molecule has 0 aliphatic carbocycles. The van der Waals surface area contributed by atoms with E-state index in [1.54, 1.807) is 14.0 Å². The summed E-state index contributed by atoms with van der Waals surface area (Å²) in [5, 5.41) is 3.24. The quantitative estimate of drug-likeness (QED) is 0.802. The van der Waals surface area contributed by atoms with Crippen molar-refractivity contribution in [1.29, 1.82) is 0 Å². The van der Waals surface area contributed by atoms with E-state index in [2.05, 4.69) is 16.4 Å². The molecule has 1 aliphatic heterocycles. The molecule has 5 nitrogen and oxygen atoms in total. The molecule has 1 fully saturated rings.